The third-order valence-electron chi connectivity index (χ3n) is 5.06. The van der Waals surface area contributed by atoms with Crippen LogP contribution >= 0.6 is 0 Å². The highest BCUT2D eigenvalue weighted by Gasteiger charge is 2.32. The van der Waals surface area contributed by atoms with E-state index in [1.165, 1.54) is 0 Å². The molecule has 1 heterocycles. The van der Waals surface area contributed by atoms with E-state index in [4.69, 9.17) is 0 Å². The molecule has 0 saturated carbocycles. The van der Waals surface area contributed by atoms with Crippen molar-refractivity contribution in [3.63, 3.8) is 0 Å². The van der Waals surface area contributed by atoms with Crippen LogP contribution < -0.4 is 0 Å². The molecule has 0 spiro atoms. The van der Waals surface area contributed by atoms with Gasteiger partial charge in [0.25, 0.3) is 0 Å². The first-order valence-corrected chi connectivity index (χ1v) is 9.19. The number of imidazole rings is 1. The zero-order valence-electron chi connectivity index (χ0n) is 14.7. The Morgan fingerprint density at radius 2 is 1.77 bits per heavy atom. The summed E-state index contributed by atoms with van der Waals surface area (Å²) >= 11 is 0. The first-order valence-electron chi connectivity index (χ1n) is 9.19. The lowest BCUT2D eigenvalue weighted by molar-refractivity contribution is 0.0924. The van der Waals surface area contributed by atoms with Crippen LogP contribution in [0, 0.1) is 5.92 Å². The third kappa shape index (κ3) is 3.25. The first-order chi connectivity index (χ1) is 12.8. The number of hydrogen-bond donors (Lipinski definition) is 0. The quantitative estimate of drug-likeness (QED) is 0.472. The van der Waals surface area contributed by atoms with Gasteiger partial charge in [-0.05, 0) is 42.9 Å². The summed E-state index contributed by atoms with van der Waals surface area (Å²) in [5, 5.41) is 0. The lowest BCUT2D eigenvalue weighted by Gasteiger charge is -2.26. The highest BCUT2D eigenvalue weighted by molar-refractivity contribution is 5.99. The second-order valence-electron chi connectivity index (χ2n) is 6.73. The molecular formula is C23H22N2O. The minimum Gasteiger partial charge on any atom is -0.297 e. The minimum absolute atomic E-state index is 0.0848. The minimum atomic E-state index is -0.197. The predicted octanol–water partition coefficient (Wildman–Crippen LogP) is 5.20. The molecule has 2 aromatic carbocycles. The molecule has 0 radical (unpaired) electrons. The van der Waals surface area contributed by atoms with Gasteiger partial charge >= 0.3 is 0 Å². The van der Waals surface area contributed by atoms with Crippen LogP contribution in [0.4, 0.5) is 0 Å². The number of carbonyl (C=O) groups excluding carboxylic acids is 1. The standard InChI is InChI=1S/C23H22N2O/c26-22(23-24-16-17-25(23)20-14-8-3-9-15-20)21(18-10-4-1-5-11-18)19-12-6-2-7-13-19/h1,3-6,8-12,14-17,19,21H,2,7,13H2/t19-,21-/m0/s1. The van der Waals surface area contributed by atoms with Crippen LogP contribution in [-0.2, 0) is 0 Å². The highest BCUT2D eigenvalue weighted by Crippen LogP contribution is 2.35. The smallest absolute Gasteiger partial charge is 0.206 e. The lowest BCUT2D eigenvalue weighted by atomic mass is 9.77. The molecule has 0 unspecified atom stereocenters. The summed E-state index contributed by atoms with van der Waals surface area (Å²) in [6, 6.07) is 20.0. The van der Waals surface area contributed by atoms with Gasteiger partial charge in [-0.15, -0.1) is 0 Å². The van der Waals surface area contributed by atoms with Crippen LogP contribution in [0.25, 0.3) is 5.69 Å². The van der Waals surface area contributed by atoms with E-state index in [0.29, 0.717) is 5.82 Å². The van der Waals surface area contributed by atoms with Gasteiger partial charge in [0.2, 0.25) is 5.78 Å². The van der Waals surface area contributed by atoms with Crippen LogP contribution in [0.2, 0.25) is 0 Å². The molecule has 2 atom stereocenters. The number of rotatable bonds is 5. The molecule has 130 valence electrons. The molecule has 1 aliphatic rings. The van der Waals surface area contributed by atoms with E-state index in [0.717, 1.165) is 30.5 Å². The molecular weight excluding hydrogens is 320 g/mol. The second kappa shape index (κ2) is 7.52. The molecule has 0 aliphatic heterocycles. The van der Waals surface area contributed by atoms with E-state index >= 15 is 0 Å². The number of para-hydroxylation sites is 1. The van der Waals surface area contributed by atoms with E-state index < -0.39 is 0 Å². The molecule has 0 bridgehead atoms. The first kappa shape index (κ1) is 16.5. The summed E-state index contributed by atoms with van der Waals surface area (Å²) < 4.78 is 1.89. The SMILES string of the molecule is O=C(c1nccn1-c1ccccc1)[C@@H](c1ccccc1)[C@H]1C=CCCC1. The second-order valence-corrected chi connectivity index (χ2v) is 6.73. The van der Waals surface area contributed by atoms with E-state index in [9.17, 15) is 4.79 Å². The number of carbonyl (C=O) groups is 1. The van der Waals surface area contributed by atoms with E-state index in [2.05, 4.69) is 29.3 Å². The molecule has 3 heteroatoms. The molecule has 0 N–H and O–H groups in total. The fourth-order valence-electron chi connectivity index (χ4n) is 3.79. The molecule has 26 heavy (non-hydrogen) atoms. The van der Waals surface area contributed by atoms with Crippen molar-refractivity contribution in [2.75, 3.05) is 0 Å². The topological polar surface area (TPSA) is 34.9 Å². The molecule has 0 fully saturated rings. The van der Waals surface area contributed by atoms with Crippen molar-refractivity contribution < 1.29 is 4.79 Å². The summed E-state index contributed by atoms with van der Waals surface area (Å²) in [5.41, 5.74) is 2.02. The van der Waals surface area contributed by atoms with Gasteiger partial charge in [-0.3, -0.25) is 9.36 Å². The monoisotopic (exact) mass is 342 g/mol. The summed E-state index contributed by atoms with van der Waals surface area (Å²) in [4.78, 5) is 18.0. The Hall–Kier alpha value is -2.94. The molecule has 0 saturated heterocycles. The van der Waals surface area contributed by atoms with Crippen molar-refractivity contribution in [2.24, 2.45) is 5.92 Å². The van der Waals surface area contributed by atoms with Crippen molar-refractivity contribution in [1.29, 1.82) is 0 Å². The maximum atomic E-state index is 13.6. The van der Waals surface area contributed by atoms with E-state index in [1.54, 1.807) is 6.20 Å². The van der Waals surface area contributed by atoms with Crippen molar-refractivity contribution >= 4 is 5.78 Å². The van der Waals surface area contributed by atoms with Gasteiger partial charge in [-0.2, -0.15) is 0 Å². The number of Topliss-reactive ketones (excluding diaryl/α,β-unsaturated/α-hetero) is 1. The van der Waals surface area contributed by atoms with Crippen LogP contribution in [0.1, 0.15) is 41.4 Å². The summed E-state index contributed by atoms with van der Waals surface area (Å²) in [6.07, 6.45) is 11.3. The van der Waals surface area contributed by atoms with Gasteiger partial charge in [0.05, 0.1) is 5.92 Å². The number of nitrogens with zero attached hydrogens (tertiary/aromatic N) is 2. The number of benzene rings is 2. The molecule has 3 aromatic rings. The van der Waals surface area contributed by atoms with Gasteiger partial charge in [0.15, 0.2) is 5.82 Å². The number of ketones is 1. The maximum Gasteiger partial charge on any atom is 0.206 e. The predicted molar refractivity (Wildman–Crippen MR) is 104 cm³/mol. The molecule has 1 aromatic heterocycles. The van der Waals surface area contributed by atoms with Gasteiger partial charge in [0.1, 0.15) is 0 Å². The van der Waals surface area contributed by atoms with Crippen molar-refractivity contribution in [3.8, 4) is 5.69 Å². The number of allylic oxidation sites excluding steroid dienone is 2. The van der Waals surface area contributed by atoms with Crippen molar-refractivity contribution in [2.45, 2.75) is 25.2 Å². The van der Waals surface area contributed by atoms with Gasteiger partial charge < -0.3 is 0 Å². The Bertz CT molecular complexity index is 896. The fourth-order valence-corrected chi connectivity index (χ4v) is 3.79. The average molecular weight is 342 g/mol. The summed E-state index contributed by atoms with van der Waals surface area (Å²) in [5.74, 6) is 0.614. The van der Waals surface area contributed by atoms with Crippen LogP contribution in [0.5, 0.6) is 0 Å². The van der Waals surface area contributed by atoms with Crippen LogP contribution in [-0.4, -0.2) is 15.3 Å². The maximum absolute atomic E-state index is 13.6. The Morgan fingerprint density at radius 1 is 1.04 bits per heavy atom. The highest BCUT2D eigenvalue weighted by atomic mass is 16.1. The summed E-state index contributed by atoms with van der Waals surface area (Å²) in [7, 11) is 0. The number of hydrogen-bond acceptors (Lipinski definition) is 2. The van der Waals surface area contributed by atoms with Gasteiger partial charge in [-0.1, -0.05) is 60.7 Å². The number of aromatic nitrogens is 2. The Morgan fingerprint density at radius 3 is 2.46 bits per heavy atom. The zero-order valence-corrected chi connectivity index (χ0v) is 14.7. The van der Waals surface area contributed by atoms with Crippen LogP contribution in [0.3, 0.4) is 0 Å². The average Bonchev–Trinajstić information content (AvgIpc) is 3.20. The van der Waals surface area contributed by atoms with Crippen molar-refractivity contribution in [1.82, 2.24) is 9.55 Å². The fraction of sp³-hybridized carbons (Fsp3) is 0.217. The zero-order chi connectivity index (χ0) is 17.8. The third-order valence-corrected chi connectivity index (χ3v) is 5.06. The molecule has 1 aliphatic carbocycles. The van der Waals surface area contributed by atoms with Gasteiger partial charge in [-0.25, -0.2) is 4.98 Å². The Balaban J connectivity index is 1.75. The van der Waals surface area contributed by atoms with Gasteiger partial charge in [0, 0.05) is 18.1 Å². The van der Waals surface area contributed by atoms with E-state index in [1.807, 2.05) is 59.3 Å². The normalized spacial score (nSPS) is 17.8. The Kier molecular flexibility index (Phi) is 4.78. The lowest BCUT2D eigenvalue weighted by Crippen LogP contribution is -2.24. The molecule has 4 rings (SSSR count). The van der Waals surface area contributed by atoms with E-state index in [-0.39, 0.29) is 17.6 Å². The Labute approximate surface area is 154 Å². The largest absolute Gasteiger partial charge is 0.297 e. The summed E-state index contributed by atoms with van der Waals surface area (Å²) in [6.45, 7) is 0. The van der Waals surface area contributed by atoms with Crippen molar-refractivity contribution in [3.05, 3.63) is 96.6 Å². The van der Waals surface area contributed by atoms with Crippen LogP contribution in [0.15, 0.2) is 85.2 Å². The molecule has 3 nitrogen and oxygen atoms in total. The molecule has 0 amide bonds.